The van der Waals surface area contributed by atoms with Crippen molar-refractivity contribution in [3.63, 3.8) is 0 Å². The maximum atomic E-state index is 6.27. The molecule has 0 amide bonds. The van der Waals surface area contributed by atoms with Gasteiger partial charge in [0.05, 0.1) is 0 Å². The zero-order valence-corrected chi connectivity index (χ0v) is 13.0. The zero-order valence-electron chi connectivity index (χ0n) is 11.5. The summed E-state index contributed by atoms with van der Waals surface area (Å²) in [5, 5.41) is 0.815. The van der Waals surface area contributed by atoms with E-state index in [1.165, 1.54) is 10.5 Å². The van der Waals surface area contributed by atoms with E-state index in [1.807, 2.05) is 31.2 Å². The van der Waals surface area contributed by atoms with Crippen molar-refractivity contribution in [1.82, 2.24) is 5.43 Å². The molecule has 4 heteroatoms. The minimum absolute atomic E-state index is 0.195. The summed E-state index contributed by atoms with van der Waals surface area (Å²) in [6.07, 6.45) is 0.829. The molecule has 0 saturated heterocycles. The fraction of sp³-hybridized carbons (Fsp3) is 0.250. The van der Waals surface area contributed by atoms with Crippen LogP contribution in [0.5, 0.6) is 0 Å². The number of hydrogen-bond acceptors (Lipinski definition) is 3. The van der Waals surface area contributed by atoms with Crippen molar-refractivity contribution >= 4 is 23.4 Å². The highest BCUT2D eigenvalue weighted by atomic mass is 35.5. The van der Waals surface area contributed by atoms with Gasteiger partial charge < -0.3 is 0 Å². The van der Waals surface area contributed by atoms with Gasteiger partial charge in [0.2, 0.25) is 0 Å². The molecule has 0 aromatic heterocycles. The number of benzene rings is 2. The Morgan fingerprint density at radius 2 is 1.95 bits per heavy atom. The SMILES string of the molecule is Cc1ccc(CC(CSc2ccccc2)NN)c(Cl)c1. The van der Waals surface area contributed by atoms with E-state index in [1.54, 1.807) is 11.8 Å². The van der Waals surface area contributed by atoms with Crippen LogP contribution in [0.1, 0.15) is 11.1 Å². The smallest absolute Gasteiger partial charge is 0.0441 e. The lowest BCUT2D eigenvalue weighted by molar-refractivity contribution is 0.575. The number of halogens is 1. The number of nitrogens with two attached hydrogens (primary N) is 1. The molecule has 2 nitrogen and oxygen atoms in total. The van der Waals surface area contributed by atoms with E-state index >= 15 is 0 Å². The topological polar surface area (TPSA) is 38.0 Å². The number of thioether (sulfide) groups is 1. The first-order valence-corrected chi connectivity index (χ1v) is 7.94. The van der Waals surface area contributed by atoms with Crippen LogP contribution in [0.2, 0.25) is 5.02 Å². The Morgan fingerprint density at radius 3 is 2.60 bits per heavy atom. The van der Waals surface area contributed by atoms with Gasteiger partial charge in [0, 0.05) is 21.7 Å². The van der Waals surface area contributed by atoms with Gasteiger partial charge in [-0.05, 0) is 42.7 Å². The molecule has 0 radical (unpaired) electrons. The molecule has 20 heavy (non-hydrogen) atoms. The second-order valence-corrected chi connectivity index (χ2v) is 6.29. The fourth-order valence-corrected chi connectivity index (χ4v) is 3.23. The van der Waals surface area contributed by atoms with Gasteiger partial charge in [-0.1, -0.05) is 41.9 Å². The van der Waals surface area contributed by atoms with Gasteiger partial charge >= 0.3 is 0 Å². The first kappa shape index (κ1) is 15.4. The summed E-state index contributed by atoms with van der Waals surface area (Å²) in [6.45, 7) is 2.04. The second kappa shape index (κ2) is 7.70. The molecule has 0 bridgehead atoms. The third-order valence-corrected chi connectivity index (χ3v) is 4.63. The van der Waals surface area contributed by atoms with E-state index in [2.05, 4.69) is 29.7 Å². The molecule has 0 saturated carbocycles. The number of rotatable bonds is 6. The van der Waals surface area contributed by atoms with E-state index in [-0.39, 0.29) is 6.04 Å². The van der Waals surface area contributed by atoms with Crippen molar-refractivity contribution in [3.05, 3.63) is 64.7 Å². The van der Waals surface area contributed by atoms with E-state index in [9.17, 15) is 0 Å². The summed E-state index contributed by atoms with van der Waals surface area (Å²) in [4.78, 5) is 1.25. The molecule has 0 fully saturated rings. The monoisotopic (exact) mass is 306 g/mol. The third kappa shape index (κ3) is 4.53. The van der Waals surface area contributed by atoms with Crippen molar-refractivity contribution in [2.45, 2.75) is 24.3 Å². The second-order valence-electron chi connectivity index (χ2n) is 4.79. The molecule has 2 aromatic rings. The fourth-order valence-electron chi connectivity index (χ4n) is 1.96. The van der Waals surface area contributed by atoms with Crippen LogP contribution in [0.25, 0.3) is 0 Å². The average molecular weight is 307 g/mol. The first-order valence-electron chi connectivity index (χ1n) is 6.58. The molecule has 1 unspecified atom stereocenters. The normalized spacial score (nSPS) is 12.3. The molecule has 2 rings (SSSR count). The molecule has 0 spiro atoms. The lowest BCUT2D eigenvalue weighted by Crippen LogP contribution is -2.38. The van der Waals surface area contributed by atoms with Gasteiger partial charge in [-0.25, -0.2) is 0 Å². The van der Waals surface area contributed by atoms with Crippen LogP contribution < -0.4 is 11.3 Å². The highest BCUT2D eigenvalue weighted by molar-refractivity contribution is 7.99. The summed E-state index contributed by atoms with van der Waals surface area (Å²) in [7, 11) is 0. The predicted molar refractivity (Wildman–Crippen MR) is 88.2 cm³/mol. The Bertz CT molecular complexity index is 545. The number of hydrogen-bond donors (Lipinski definition) is 2. The molecule has 3 N–H and O–H groups in total. The van der Waals surface area contributed by atoms with Gasteiger partial charge in [-0.3, -0.25) is 11.3 Å². The first-order chi connectivity index (χ1) is 9.69. The Balaban J connectivity index is 1.95. The number of nitrogens with one attached hydrogen (secondary N) is 1. The Morgan fingerprint density at radius 1 is 1.20 bits per heavy atom. The van der Waals surface area contributed by atoms with Crippen LogP contribution in [-0.2, 0) is 6.42 Å². The quantitative estimate of drug-likeness (QED) is 0.484. The van der Waals surface area contributed by atoms with E-state index in [0.29, 0.717) is 0 Å². The van der Waals surface area contributed by atoms with Crippen molar-refractivity contribution in [3.8, 4) is 0 Å². The number of aryl methyl sites for hydroxylation is 1. The lowest BCUT2D eigenvalue weighted by Gasteiger charge is -2.16. The third-order valence-electron chi connectivity index (χ3n) is 3.10. The number of hydrazine groups is 1. The maximum Gasteiger partial charge on any atom is 0.0441 e. The van der Waals surface area contributed by atoms with Crippen LogP contribution in [0.3, 0.4) is 0 Å². The van der Waals surface area contributed by atoms with Crippen molar-refractivity contribution in [2.24, 2.45) is 5.84 Å². The molecule has 0 aliphatic heterocycles. The van der Waals surface area contributed by atoms with Crippen molar-refractivity contribution in [1.29, 1.82) is 0 Å². The Hall–Kier alpha value is -1.00. The lowest BCUT2D eigenvalue weighted by atomic mass is 10.1. The molecule has 1 atom stereocenters. The molecular weight excluding hydrogens is 288 g/mol. The summed E-state index contributed by atoms with van der Waals surface area (Å²) >= 11 is 8.07. The molecular formula is C16H19ClN2S. The van der Waals surface area contributed by atoms with Gasteiger partial charge in [0.25, 0.3) is 0 Å². The van der Waals surface area contributed by atoms with Crippen LogP contribution in [0, 0.1) is 6.92 Å². The molecule has 0 heterocycles. The van der Waals surface area contributed by atoms with E-state index < -0.39 is 0 Å². The predicted octanol–water partition coefficient (Wildman–Crippen LogP) is 3.82. The van der Waals surface area contributed by atoms with Crippen LogP contribution in [0.15, 0.2) is 53.4 Å². The van der Waals surface area contributed by atoms with Crippen LogP contribution in [-0.4, -0.2) is 11.8 Å². The molecule has 0 aliphatic carbocycles. The van der Waals surface area contributed by atoms with Gasteiger partial charge in [-0.2, -0.15) is 0 Å². The van der Waals surface area contributed by atoms with Crippen molar-refractivity contribution < 1.29 is 0 Å². The summed E-state index contributed by atoms with van der Waals surface area (Å²) < 4.78 is 0. The standard InChI is InChI=1S/C16H19ClN2S/c1-12-7-8-13(16(17)9-12)10-14(19-18)11-20-15-5-3-2-4-6-15/h2-9,14,19H,10-11,18H2,1H3. The zero-order chi connectivity index (χ0) is 14.4. The van der Waals surface area contributed by atoms with E-state index in [4.69, 9.17) is 17.4 Å². The maximum absolute atomic E-state index is 6.27. The largest absolute Gasteiger partial charge is 0.271 e. The Labute approximate surface area is 129 Å². The van der Waals surface area contributed by atoms with Gasteiger partial charge in [0.1, 0.15) is 0 Å². The Kier molecular flexibility index (Phi) is 5.92. The van der Waals surface area contributed by atoms with Crippen LogP contribution >= 0.6 is 23.4 Å². The highest BCUT2D eigenvalue weighted by Gasteiger charge is 2.11. The summed E-state index contributed by atoms with van der Waals surface area (Å²) in [6, 6.07) is 16.7. The average Bonchev–Trinajstić information content (AvgIpc) is 2.46. The summed E-state index contributed by atoms with van der Waals surface area (Å²) in [5.41, 5.74) is 5.19. The molecule has 0 aliphatic rings. The molecule has 106 valence electrons. The minimum Gasteiger partial charge on any atom is -0.271 e. The van der Waals surface area contributed by atoms with E-state index in [0.717, 1.165) is 22.8 Å². The minimum atomic E-state index is 0.195. The summed E-state index contributed by atoms with van der Waals surface area (Å²) in [5.74, 6) is 6.57. The van der Waals surface area contributed by atoms with Gasteiger partial charge in [-0.15, -0.1) is 11.8 Å². The van der Waals surface area contributed by atoms with Crippen molar-refractivity contribution in [2.75, 3.05) is 5.75 Å². The highest BCUT2D eigenvalue weighted by Crippen LogP contribution is 2.22. The molecule has 2 aromatic carbocycles. The van der Waals surface area contributed by atoms with Gasteiger partial charge in [0.15, 0.2) is 0 Å². The van der Waals surface area contributed by atoms with Crippen LogP contribution in [0.4, 0.5) is 0 Å².